The smallest absolute Gasteiger partial charge is 0.158 e. The van der Waals surface area contributed by atoms with Crippen LogP contribution in [0.4, 0.5) is 0 Å². The van der Waals surface area contributed by atoms with Gasteiger partial charge in [-0.15, -0.1) is 0 Å². The van der Waals surface area contributed by atoms with Gasteiger partial charge in [-0.25, -0.2) is 0 Å². The maximum Gasteiger partial charge on any atom is 0.158 e. The molecule has 0 fully saturated rings. The summed E-state index contributed by atoms with van der Waals surface area (Å²) >= 11 is 17.1. The van der Waals surface area contributed by atoms with Crippen LogP contribution in [0.1, 0.15) is 11.6 Å². The monoisotopic (exact) mass is 278 g/mol. The third-order valence-corrected chi connectivity index (χ3v) is 2.77. The highest BCUT2D eigenvalue weighted by Gasteiger charge is 2.16. The van der Waals surface area contributed by atoms with E-state index in [0.717, 1.165) is 0 Å². The van der Waals surface area contributed by atoms with Crippen molar-refractivity contribution in [1.82, 2.24) is 0 Å². The fourth-order valence-corrected chi connectivity index (χ4v) is 1.52. The molecule has 8 heteroatoms. The molecule has 0 saturated carbocycles. The summed E-state index contributed by atoms with van der Waals surface area (Å²) in [7, 11) is 0. The van der Waals surface area contributed by atoms with E-state index in [4.69, 9.17) is 45.5 Å². The van der Waals surface area contributed by atoms with Crippen molar-refractivity contribution in [2.75, 3.05) is 0 Å². The Labute approximate surface area is 106 Å². The largest absolute Gasteiger partial charge is 0.410 e. The van der Waals surface area contributed by atoms with Crippen LogP contribution in [0.25, 0.3) is 10.4 Å². The van der Waals surface area contributed by atoms with Crippen LogP contribution in [0.3, 0.4) is 0 Å². The summed E-state index contributed by atoms with van der Waals surface area (Å²) in [6.07, 6.45) is 0. The van der Waals surface area contributed by atoms with Gasteiger partial charge < -0.3 is 5.21 Å². The van der Waals surface area contributed by atoms with E-state index in [-0.39, 0.29) is 5.17 Å². The van der Waals surface area contributed by atoms with E-state index in [1.54, 1.807) is 6.07 Å². The highest BCUT2D eigenvalue weighted by molar-refractivity contribution is 6.66. The van der Waals surface area contributed by atoms with E-state index in [9.17, 15) is 0 Å². The van der Waals surface area contributed by atoms with Gasteiger partial charge in [0, 0.05) is 4.91 Å². The standard InChI is InChI=1S/C8H5Cl3N4O/c9-5-2-1-4(3-6(5)10)7(13-15-12)8(11)14-16/h1-3,7,16H/b14-8-. The number of hydrogen-bond acceptors (Lipinski definition) is 3. The highest BCUT2D eigenvalue weighted by atomic mass is 35.5. The van der Waals surface area contributed by atoms with Gasteiger partial charge in [-0.1, -0.05) is 51.1 Å². The summed E-state index contributed by atoms with van der Waals surface area (Å²) in [6.45, 7) is 0. The maximum absolute atomic E-state index is 8.53. The Morgan fingerprint density at radius 1 is 1.38 bits per heavy atom. The predicted octanol–water partition coefficient (Wildman–Crippen LogP) is 4.37. The lowest BCUT2D eigenvalue weighted by Gasteiger charge is -2.09. The number of benzene rings is 1. The fraction of sp³-hybridized carbons (Fsp3) is 0.125. The lowest BCUT2D eigenvalue weighted by molar-refractivity contribution is 0.318. The highest BCUT2D eigenvalue weighted by Crippen LogP contribution is 2.28. The zero-order valence-electron chi connectivity index (χ0n) is 7.68. The van der Waals surface area contributed by atoms with Crippen LogP contribution in [-0.2, 0) is 0 Å². The molecule has 1 N–H and O–H groups in total. The quantitative estimate of drug-likeness (QED) is 0.219. The third kappa shape index (κ3) is 2.93. The molecule has 0 aromatic heterocycles. The molecular formula is C8H5Cl3N4O. The number of oxime groups is 1. The molecule has 1 aromatic rings. The van der Waals surface area contributed by atoms with E-state index in [1.165, 1.54) is 12.1 Å². The van der Waals surface area contributed by atoms with Crippen molar-refractivity contribution < 1.29 is 5.21 Å². The Morgan fingerprint density at radius 3 is 2.56 bits per heavy atom. The summed E-state index contributed by atoms with van der Waals surface area (Å²) in [5, 5.41) is 15.1. The van der Waals surface area contributed by atoms with Crippen molar-refractivity contribution in [1.29, 1.82) is 0 Å². The second-order valence-corrected chi connectivity index (χ2v) is 3.91. The number of nitrogens with zero attached hydrogens (tertiary/aromatic N) is 4. The molecule has 0 saturated heterocycles. The first-order valence-electron chi connectivity index (χ1n) is 3.96. The number of rotatable bonds is 3. The van der Waals surface area contributed by atoms with Crippen LogP contribution in [0.2, 0.25) is 10.0 Å². The van der Waals surface area contributed by atoms with Crippen LogP contribution < -0.4 is 0 Å². The molecule has 1 aromatic carbocycles. The van der Waals surface area contributed by atoms with E-state index in [1.807, 2.05) is 0 Å². The van der Waals surface area contributed by atoms with Gasteiger partial charge in [0.25, 0.3) is 0 Å². The number of hydrogen-bond donors (Lipinski definition) is 1. The Balaban J connectivity index is 3.21. The molecule has 0 radical (unpaired) electrons. The van der Waals surface area contributed by atoms with Crippen molar-refractivity contribution in [2.45, 2.75) is 6.04 Å². The van der Waals surface area contributed by atoms with Gasteiger partial charge in [-0.05, 0) is 23.2 Å². The van der Waals surface area contributed by atoms with Crippen LogP contribution in [0.5, 0.6) is 0 Å². The molecular weight excluding hydrogens is 274 g/mol. The molecule has 16 heavy (non-hydrogen) atoms. The van der Waals surface area contributed by atoms with Gasteiger partial charge >= 0.3 is 0 Å². The van der Waals surface area contributed by atoms with E-state index in [2.05, 4.69) is 15.2 Å². The van der Waals surface area contributed by atoms with Crippen molar-refractivity contribution in [3.05, 3.63) is 44.3 Å². The molecule has 1 unspecified atom stereocenters. The molecule has 1 rings (SSSR count). The summed E-state index contributed by atoms with van der Waals surface area (Å²) in [6, 6.07) is 3.66. The average Bonchev–Trinajstić information content (AvgIpc) is 2.29. The van der Waals surface area contributed by atoms with Crippen LogP contribution in [0.15, 0.2) is 28.5 Å². The SMILES string of the molecule is [N-]=[N+]=NC(/C(Cl)=N/O)c1ccc(Cl)c(Cl)c1. The number of halogens is 3. The Bertz CT molecular complexity index is 470. The zero-order chi connectivity index (χ0) is 12.1. The summed E-state index contributed by atoms with van der Waals surface area (Å²) in [5.74, 6) is 0. The third-order valence-electron chi connectivity index (χ3n) is 1.75. The normalized spacial score (nSPS) is 13.1. The molecule has 5 nitrogen and oxygen atoms in total. The van der Waals surface area contributed by atoms with Gasteiger partial charge in [0.05, 0.1) is 10.0 Å². The zero-order valence-corrected chi connectivity index (χ0v) is 9.95. The minimum Gasteiger partial charge on any atom is -0.410 e. The molecule has 0 spiro atoms. The van der Waals surface area contributed by atoms with Gasteiger partial charge in [-0.2, -0.15) is 0 Å². The maximum atomic E-state index is 8.53. The van der Waals surface area contributed by atoms with Gasteiger partial charge in [0.2, 0.25) is 0 Å². The Morgan fingerprint density at radius 2 is 2.06 bits per heavy atom. The van der Waals surface area contributed by atoms with Gasteiger partial charge in [-0.3, -0.25) is 0 Å². The summed E-state index contributed by atoms with van der Waals surface area (Å²) in [4.78, 5) is 2.61. The molecule has 0 heterocycles. The van der Waals surface area contributed by atoms with Crippen LogP contribution >= 0.6 is 34.8 Å². The van der Waals surface area contributed by atoms with Crippen molar-refractivity contribution in [2.24, 2.45) is 10.3 Å². The molecule has 0 amide bonds. The topological polar surface area (TPSA) is 81.4 Å². The lowest BCUT2D eigenvalue weighted by atomic mass is 10.1. The second-order valence-electron chi connectivity index (χ2n) is 2.70. The van der Waals surface area contributed by atoms with Crippen molar-refractivity contribution >= 4 is 40.0 Å². The molecule has 0 aliphatic heterocycles. The molecule has 0 aliphatic carbocycles. The fourth-order valence-electron chi connectivity index (χ4n) is 1.04. The van der Waals surface area contributed by atoms with Crippen molar-refractivity contribution in [3.8, 4) is 0 Å². The van der Waals surface area contributed by atoms with E-state index >= 15 is 0 Å². The van der Waals surface area contributed by atoms with Crippen LogP contribution in [-0.4, -0.2) is 10.4 Å². The van der Waals surface area contributed by atoms with Crippen molar-refractivity contribution in [3.63, 3.8) is 0 Å². The minimum atomic E-state index is -0.925. The molecule has 1 atom stereocenters. The number of azide groups is 1. The second kappa shape index (κ2) is 5.82. The first kappa shape index (κ1) is 12.9. The summed E-state index contributed by atoms with van der Waals surface area (Å²) < 4.78 is 0. The Hall–Kier alpha value is -1.13. The van der Waals surface area contributed by atoms with Gasteiger partial charge in [0.1, 0.15) is 6.04 Å². The molecule has 84 valence electrons. The predicted molar refractivity (Wildman–Crippen MR) is 63.4 cm³/mol. The average molecular weight is 280 g/mol. The van der Waals surface area contributed by atoms with E-state index < -0.39 is 6.04 Å². The molecule has 0 bridgehead atoms. The minimum absolute atomic E-state index is 0.254. The first-order chi connectivity index (χ1) is 7.60. The summed E-state index contributed by atoms with van der Waals surface area (Å²) in [5.41, 5.74) is 8.85. The molecule has 0 aliphatic rings. The Kier molecular flexibility index (Phi) is 4.71. The first-order valence-corrected chi connectivity index (χ1v) is 5.10. The van der Waals surface area contributed by atoms with Crippen LogP contribution in [0, 0.1) is 0 Å². The lowest BCUT2D eigenvalue weighted by Crippen LogP contribution is -2.03. The van der Waals surface area contributed by atoms with Gasteiger partial charge in [0.15, 0.2) is 5.17 Å². The van der Waals surface area contributed by atoms with E-state index in [0.29, 0.717) is 15.6 Å².